The minimum atomic E-state index is -1.06. The Morgan fingerprint density at radius 1 is 1.47 bits per heavy atom. The number of rotatable bonds is 6. The van der Waals surface area contributed by atoms with Crippen molar-refractivity contribution in [2.45, 2.75) is 25.9 Å². The number of aliphatic carboxylic acids is 1. The van der Waals surface area contributed by atoms with E-state index in [1.54, 1.807) is 6.92 Å². The number of ether oxygens (including phenoxy) is 1. The second-order valence-electron chi connectivity index (χ2n) is 4.35. The predicted molar refractivity (Wildman–Crippen MR) is 65.9 cm³/mol. The molecule has 17 heavy (non-hydrogen) atoms. The zero-order valence-corrected chi connectivity index (χ0v) is 10.5. The van der Waals surface area contributed by atoms with E-state index in [1.165, 1.54) is 7.11 Å². The van der Waals surface area contributed by atoms with Gasteiger partial charge in [0, 0.05) is 13.7 Å². The van der Waals surface area contributed by atoms with Gasteiger partial charge < -0.3 is 9.84 Å². The summed E-state index contributed by atoms with van der Waals surface area (Å²) in [5.41, 5.74) is 1.18. The highest BCUT2D eigenvalue weighted by atomic mass is 16.5. The number of carboxylic acids is 1. The number of nitrogens with one attached hydrogen (secondary N) is 1. The summed E-state index contributed by atoms with van der Waals surface area (Å²) < 4.78 is 4.94. The Bertz CT molecular complexity index is 392. The monoisotopic (exact) mass is 237 g/mol. The summed E-state index contributed by atoms with van der Waals surface area (Å²) in [7, 11) is 1.50. The van der Waals surface area contributed by atoms with Gasteiger partial charge >= 0.3 is 5.97 Å². The van der Waals surface area contributed by atoms with Crippen LogP contribution in [0.4, 0.5) is 0 Å². The lowest BCUT2D eigenvalue weighted by atomic mass is 10.0. The predicted octanol–water partition coefficient (Wildman–Crippen LogP) is 1.57. The molecule has 0 spiro atoms. The van der Waals surface area contributed by atoms with Crippen LogP contribution in [0.2, 0.25) is 0 Å². The molecule has 0 heterocycles. The van der Waals surface area contributed by atoms with E-state index in [4.69, 9.17) is 9.84 Å². The summed E-state index contributed by atoms with van der Waals surface area (Å²) >= 11 is 0. The Morgan fingerprint density at radius 3 is 2.65 bits per heavy atom. The standard InChI is InChI=1S/C13H19NO3/c1-10-6-4-5-7-11(10)8-14-13(2,9-17-3)12(15)16/h4-7,14H,8-9H2,1-3H3,(H,15,16). The van der Waals surface area contributed by atoms with E-state index in [2.05, 4.69) is 5.32 Å². The smallest absolute Gasteiger partial charge is 0.326 e. The molecule has 2 N–H and O–H groups in total. The molecule has 0 bridgehead atoms. The van der Waals surface area contributed by atoms with Gasteiger partial charge in [-0.05, 0) is 25.0 Å². The van der Waals surface area contributed by atoms with Gasteiger partial charge in [0.1, 0.15) is 5.54 Å². The van der Waals surface area contributed by atoms with Gasteiger partial charge in [-0.2, -0.15) is 0 Å². The van der Waals surface area contributed by atoms with Crippen LogP contribution in [0, 0.1) is 6.92 Å². The van der Waals surface area contributed by atoms with Gasteiger partial charge in [-0.3, -0.25) is 10.1 Å². The van der Waals surface area contributed by atoms with Gasteiger partial charge in [0.15, 0.2) is 0 Å². The van der Waals surface area contributed by atoms with Gasteiger partial charge in [0.2, 0.25) is 0 Å². The van der Waals surface area contributed by atoms with Crippen molar-refractivity contribution in [1.29, 1.82) is 0 Å². The van der Waals surface area contributed by atoms with Crippen LogP contribution in [-0.4, -0.2) is 30.3 Å². The van der Waals surface area contributed by atoms with Crippen molar-refractivity contribution < 1.29 is 14.6 Å². The molecule has 0 aliphatic heterocycles. The van der Waals surface area contributed by atoms with Gasteiger partial charge in [-0.1, -0.05) is 24.3 Å². The molecule has 0 aliphatic rings. The van der Waals surface area contributed by atoms with Crippen molar-refractivity contribution >= 4 is 5.97 Å². The largest absolute Gasteiger partial charge is 0.480 e. The molecule has 4 heteroatoms. The second-order valence-corrected chi connectivity index (χ2v) is 4.35. The van der Waals surface area contributed by atoms with Crippen LogP contribution in [-0.2, 0) is 16.1 Å². The third kappa shape index (κ3) is 3.54. The molecule has 94 valence electrons. The minimum absolute atomic E-state index is 0.133. The Kier molecular flexibility index (Phi) is 4.66. The first-order chi connectivity index (χ1) is 7.99. The van der Waals surface area contributed by atoms with Crippen molar-refractivity contribution in [3.05, 3.63) is 35.4 Å². The Morgan fingerprint density at radius 2 is 2.12 bits per heavy atom. The molecule has 0 radical (unpaired) electrons. The number of methoxy groups -OCH3 is 1. The number of aryl methyl sites for hydroxylation is 1. The zero-order valence-electron chi connectivity index (χ0n) is 10.5. The van der Waals surface area contributed by atoms with Crippen LogP contribution in [0.3, 0.4) is 0 Å². The number of carboxylic acid groups (broad SMARTS) is 1. The third-order valence-corrected chi connectivity index (χ3v) is 2.84. The Labute approximate surface area is 102 Å². The van der Waals surface area contributed by atoms with Crippen LogP contribution in [0.15, 0.2) is 24.3 Å². The van der Waals surface area contributed by atoms with Gasteiger partial charge in [-0.15, -0.1) is 0 Å². The SMILES string of the molecule is COCC(C)(NCc1ccccc1C)C(=O)O. The fourth-order valence-electron chi connectivity index (χ4n) is 1.58. The summed E-state index contributed by atoms with van der Waals surface area (Å²) in [6, 6.07) is 7.89. The second kappa shape index (κ2) is 5.80. The molecule has 1 unspecified atom stereocenters. The molecule has 0 saturated heterocycles. The fraction of sp³-hybridized carbons (Fsp3) is 0.462. The van der Waals surface area contributed by atoms with Crippen molar-refractivity contribution in [3.8, 4) is 0 Å². The molecule has 0 saturated carbocycles. The average molecular weight is 237 g/mol. The van der Waals surface area contributed by atoms with Gasteiger partial charge in [0.25, 0.3) is 0 Å². The van der Waals surface area contributed by atoms with Crippen LogP contribution in [0.1, 0.15) is 18.1 Å². The topological polar surface area (TPSA) is 58.6 Å². The summed E-state index contributed by atoms with van der Waals surface area (Å²) in [4.78, 5) is 11.2. The summed E-state index contributed by atoms with van der Waals surface area (Å²) in [5, 5.41) is 12.2. The van der Waals surface area contributed by atoms with Crippen LogP contribution in [0.5, 0.6) is 0 Å². The lowest BCUT2D eigenvalue weighted by Gasteiger charge is -2.25. The van der Waals surface area contributed by atoms with E-state index in [9.17, 15) is 4.79 Å². The number of hydrogen-bond donors (Lipinski definition) is 2. The van der Waals surface area contributed by atoms with Crippen LogP contribution >= 0.6 is 0 Å². The zero-order chi connectivity index (χ0) is 12.9. The molecule has 1 atom stereocenters. The summed E-state index contributed by atoms with van der Waals surface area (Å²) in [5.74, 6) is -0.909. The normalized spacial score (nSPS) is 14.3. The molecule has 0 amide bonds. The lowest BCUT2D eigenvalue weighted by Crippen LogP contribution is -2.52. The average Bonchev–Trinajstić information content (AvgIpc) is 2.28. The number of benzene rings is 1. The maximum absolute atomic E-state index is 11.2. The van der Waals surface area contributed by atoms with E-state index >= 15 is 0 Å². The van der Waals surface area contributed by atoms with E-state index in [0.717, 1.165) is 11.1 Å². The van der Waals surface area contributed by atoms with E-state index in [0.29, 0.717) is 6.54 Å². The molecule has 0 fully saturated rings. The lowest BCUT2D eigenvalue weighted by molar-refractivity contribution is -0.146. The fourth-order valence-corrected chi connectivity index (χ4v) is 1.58. The molecule has 0 aromatic heterocycles. The van der Waals surface area contributed by atoms with Crippen molar-refractivity contribution in [1.82, 2.24) is 5.32 Å². The third-order valence-electron chi connectivity index (χ3n) is 2.84. The molecule has 4 nitrogen and oxygen atoms in total. The Balaban J connectivity index is 2.71. The summed E-state index contributed by atoms with van der Waals surface area (Å²) in [6.45, 7) is 4.27. The highest BCUT2D eigenvalue weighted by Gasteiger charge is 2.32. The highest BCUT2D eigenvalue weighted by Crippen LogP contribution is 2.10. The van der Waals surface area contributed by atoms with Crippen molar-refractivity contribution in [3.63, 3.8) is 0 Å². The van der Waals surface area contributed by atoms with E-state index in [-0.39, 0.29) is 6.61 Å². The quantitative estimate of drug-likeness (QED) is 0.788. The van der Waals surface area contributed by atoms with Crippen LogP contribution in [0.25, 0.3) is 0 Å². The molecule has 1 rings (SSSR count). The molecular formula is C13H19NO3. The van der Waals surface area contributed by atoms with E-state index in [1.807, 2.05) is 31.2 Å². The maximum Gasteiger partial charge on any atom is 0.326 e. The summed E-state index contributed by atoms with van der Waals surface area (Å²) in [6.07, 6.45) is 0. The maximum atomic E-state index is 11.2. The molecule has 1 aromatic carbocycles. The number of carbonyl (C=O) groups is 1. The molecular weight excluding hydrogens is 218 g/mol. The Hall–Kier alpha value is -1.39. The van der Waals surface area contributed by atoms with Crippen molar-refractivity contribution in [2.24, 2.45) is 0 Å². The first kappa shape index (κ1) is 13.7. The first-order valence-electron chi connectivity index (χ1n) is 5.51. The van der Waals surface area contributed by atoms with Gasteiger partial charge in [-0.25, -0.2) is 0 Å². The van der Waals surface area contributed by atoms with Crippen LogP contribution < -0.4 is 5.32 Å². The molecule has 1 aromatic rings. The minimum Gasteiger partial charge on any atom is -0.480 e. The van der Waals surface area contributed by atoms with Gasteiger partial charge in [0.05, 0.1) is 6.61 Å². The number of hydrogen-bond acceptors (Lipinski definition) is 3. The molecule has 0 aliphatic carbocycles. The van der Waals surface area contributed by atoms with E-state index < -0.39 is 11.5 Å². The highest BCUT2D eigenvalue weighted by molar-refractivity contribution is 5.78. The first-order valence-corrected chi connectivity index (χ1v) is 5.51. The van der Waals surface area contributed by atoms with Crippen molar-refractivity contribution in [2.75, 3.05) is 13.7 Å².